The van der Waals surface area contributed by atoms with Crippen molar-refractivity contribution in [1.29, 1.82) is 0 Å². The summed E-state index contributed by atoms with van der Waals surface area (Å²) in [6.07, 6.45) is 0. The Morgan fingerprint density at radius 2 is 2.00 bits per heavy atom. The van der Waals surface area contributed by atoms with Gasteiger partial charge in [-0.3, -0.25) is 24.6 Å². The lowest BCUT2D eigenvalue weighted by Crippen LogP contribution is -2.15. The van der Waals surface area contributed by atoms with Crippen LogP contribution in [0.25, 0.3) is 5.69 Å². The molecule has 0 bridgehead atoms. The Balaban J connectivity index is 2.55. The van der Waals surface area contributed by atoms with Gasteiger partial charge in [-0.25, -0.2) is 4.68 Å². The molecule has 0 radical (unpaired) electrons. The van der Waals surface area contributed by atoms with Gasteiger partial charge in [-0.1, -0.05) is 12.1 Å². The monoisotopic (exact) mass is 299 g/mol. The number of nitrogens with zero attached hydrogens (tertiary/aromatic N) is 2. The van der Waals surface area contributed by atoms with E-state index in [9.17, 15) is 23.3 Å². The van der Waals surface area contributed by atoms with Gasteiger partial charge in [0.2, 0.25) is 0 Å². The van der Waals surface area contributed by atoms with E-state index in [-0.39, 0.29) is 17.1 Å². The second-order valence-electron chi connectivity index (χ2n) is 3.93. The number of hydrogen-bond acceptors (Lipinski definition) is 5. The van der Waals surface area contributed by atoms with Crippen LogP contribution in [-0.2, 0) is 15.9 Å². The van der Waals surface area contributed by atoms with Crippen LogP contribution < -0.4 is 5.56 Å². The highest BCUT2D eigenvalue weighted by atomic mass is 32.2. The molecule has 1 heterocycles. The number of nitro groups is 1. The van der Waals surface area contributed by atoms with Crippen LogP contribution in [0, 0.1) is 10.1 Å². The maximum absolute atomic E-state index is 11.7. The highest BCUT2D eigenvalue weighted by Gasteiger charge is 2.18. The minimum atomic E-state index is -4.31. The Kier molecular flexibility index (Phi) is 3.42. The van der Waals surface area contributed by atoms with Gasteiger partial charge in [-0.05, 0) is 6.07 Å². The third-order valence-electron chi connectivity index (χ3n) is 2.43. The molecule has 0 saturated carbocycles. The average Bonchev–Trinajstić information content (AvgIpc) is 2.67. The molecule has 0 aliphatic heterocycles. The number of nitro benzene ring substituents is 1. The number of para-hydroxylation sites is 2. The number of hydrogen-bond donors (Lipinski definition) is 2. The molecule has 1 aromatic carbocycles. The van der Waals surface area contributed by atoms with Crippen LogP contribution in [0.4, 0.5) is 5.69 Å². The van der Waals surface area contributed by atoms with Gasteiger partial charge in [0.1, 0.15) is 11.4 Å². The molecule has 2 rings (SSSR count). The van der Waals surface area contributed by atoms with Crippen LogP contribution in [0.5, 0.6) is 0 Å². The van der Waals surface area contributed by atoms with E-state index in [1.165, 1.54) is 24.3 Å². The summed E-state index contributed by atoms with van der Waals surface area (Å²) >= 11 is 0. The topological polar surface area (TPSA) is 135 Å². The van der Waals surface area contributed by atoms with Crippen molar-refractivity contribution in [2.24, 2.45) is 0 Å². The summed E-state index contributed by atoms with van der Waals surface area (Å²) in [5.41, 5.74) is -1.08. The molecule has 2 N–H and O–H groups in total. The lowest BCUT2D eigenvalue weighted by molar-refractivity contribution is -0.384. The Labute approximate surface area is 112 Å². The van der Waals surface area contributed by atoms with Crippen molar-refractivity contribution in [1.82, 2.24) is 9.78 Å². The maximum Gasteiger partial charge on any atom is 0.294 e. The normalized spacial score (nSPS) is 11.4. The van der Waals surface area contributed by atoms with Gasteiger partial charge in [-0.2, -0.15) is 8.42 Å². The standard InChI is InChI=1S/C10H9N3O6S/c14-10-5-7(6-20(17,18)19)11-12(10)8-3-1-2-4-9(8)13(15)16/h1-5,11H,6H2,(H,17,18,19). The summed E-state index contributed by atoms with van der Waals surface area (Å²) < 4.78 is 31.1. The van der Waals surface area contributed by atoms with Crippen molar-refractivity contribution in [2.75, 3.05) is 0 Å². The predicted octanol–water partition coefficient (Wildman–Crippen LogP) is 0.462. The van der Waals surface area contributed by atoms with E-state index < -0.39 is 26.4 Å². The molecular weight excluding hydrogens is 290 g/mol. The van der Waals surface area contributed by atoms with E-state index in [1.54, 1.807) is 0 Å². The van der Waals surface area contributed by atoms with Gasteiger partial charge in [0.25, 0.3) is 21.4 Å². The first kappa shape index (κ1) is 14.0. The molecule has 0 atom stereocenters. The smallest absolute Gasteiger partial charge is 0.294 e. The van der Waals surface area contributed by atoms with E-state index in [0.29, 0.717) is 0 Å². The number of nitrogens with one attached hydrogen (secondary N) is 1. The van der Waals surface area contributed by atoms with Crippen LogP contribution >= 0.6 is 0 Å². The SMILES string of the molecule is O=c1cc(CS(=O)(=O)O)[nH]n1-c1ccccc1[N+](=O)[O-]. The molecule has 0 spiro atoms. The van der Waals surface area contributed by atoms with Gasteiger partial charge in [0.15, 0.2) is 0 Å². The summed E-state index contributed by atoms with van der Waals surface area (Å²) in [7, 11) is -4.31. The third kappa shape index (κ3) is 2.92. The second-order valence-corrected chi connectivity index (χ2v) is 5.38. The molecule has 2 aromatic rings. The second kappa shape index (κ2) is 4.90. The maximum atomic E-state index is 11.7. The van der Waals surface area contributed by atoms with Crippen molar-refractivity contribution < 1.29 is 17.9 Å². The average molecular weight is 299 g/mol. The van der Waals surface area contributed by atoms with Crippen molar-refractivity contribution in [3.05, 3.63) is 56.5 Å². The van der Waals surface area contributed by atoms with Crippen LogP contribution in [0.2, 0.25) is 0 Å². The van der Waals surface area contributed by atoms with Crippen molar-refractivity contribution >= 4 is 15.8 Å². The first-order chi connectivity index (χ1) is 9.28. The Morgan fingerprint density at radius 3 is 2.60 bits per heavy atom. The summed E-state index contributed by atoms with van der Waals surface area (Å²) in [5, 5.41) is 13.3. The number of H-pyrrole nitrogens is 1. The highest BCUT2D eigenvalue weighted by molar-refractivity contribution is 7.85. The van der Waals surface area contributed by atoms with Gasteiger partial charge < -0.3 is 0 Å². The van der Waals surface area contributed by atoms with Crippen molar-refractivity contribution in [3.8, 4) is 5.69 Å². The lowest BCUT2D eigenvalue weighted by atomic mass is 10.3. The van der Waals surface area contributed by atoms with E-state index in [0.717, 1.165) is 10.7 Å². The van der Waals surface area contributed by atoms with E-state index in [2.05, 4.69) is 5.10 Å². The molecule has 1 aromatic heterocycles. The van der Waals surface area contributed by atoms with Crippen molar-refractivity contribution in [3.63, 3.8) is 0 Å². The third-order valence-corrected chi connectivity index (χ3v) is 3.11. The first-order valence-electron chi connectivity index (χ1n) is 5.28. The number of aromatic amines is 1. The van der Waals surface area contributed by atoms with Gasteiger partial charge in [-0.15, -0.1) is 0 Å². The Morgan fingerprint density at radius 1 is 1.35 bits per heavy atom. The largest absolute Gasteiger partial charge is 0.294 e. The van der Waals surface area contributed by atoms with E-state index in [4.69, 9.17) is 4.55 Å². The summed E-state index contributed by atoms with van der Waals surface area (Å²) in [6.45, 7) is 0. The summed E-state index contributed by atoms with van der Waals surface area (Å²) in [6, 6.07) is 6.44. The minimum absolute atomic E-state index is 0.0240. The zero-order valence-corrected chi connectivity index (χ0v) is 10.7. The summed E-state index contributed by atoms with van der Waals surface area (Å²) in [4.78, 5) is 22.0. The quantitative estimate of drug-likeness (QED) is 0.478. The summed E-state index contributed by atoms with van der Waals surface area (Å²) in [5.74, 6) is -0.782. The first-order valence-corrected chi connectivity index (χ1v) is 6.89. The Bertz CT molecular complexity index is 820. The van der Waals surface area contributed by atoms with Crippen LogP contribution in [0.3, 0.4) is 0 Å². The molecule has 9 nitrogen and oxygen atoms in total. The highest BCUT2D eigenvalue weighted by Crippen LogP contribution is 2.20. The molecule has 0 unspecified atom stereocenters. The van der Waals surface area contributed by atoms with Crippen LogP contribution in [-0.4, -0.2) is 27.7 Å². The molecule has 10 heteroatoms. The Hall–Kier alpha value is -2.46. The molecule has 106 valence electrons. The molecule has 0 aliphatic rings. The van der Waals surface area contributed by atoms with E-state index >= 15 is 0 Å². The van der Waals surface area contributed by atoms with Gasteiger partial charge in [0, 0.05) is 12.1 Å². The number of rotatable bonds is 4. The molecule has 0 fully saturated rings. The van der Waals surface area contributed by atoms with Crippen molar-refractivity contribution in [2.45, 2.75) is 5.75 Å². The fourth-order valence-electron chi connectivity index (χ4n) is 1.70. The number of aromatic nitrogens is 2. The molecule has 0 amide bonds. The van der Waals surface area contributed by atoms with Gasteiger partial charge in [0.05, 0.1) is 10.6 Å². The molecule has 0 aliphatic carbocycles. The molecular formula is C10H9N3O6S. The number of benzene rings is 1. The van der Waals surface area contributed by atoms with Crippen LogP contribution in [0.1, 0.15) is 5.69 Å². The fourth-order valence-corrected chi connectivity index (χ4v) is 2.24. The van der Waals surface area contributed by atoms with Gasteiger partial charge >= 0.3 is 0 Å². The lowest BCUT2D eigenvalue weighted by Gasteiger charge is -2.02. The predicted molar refractivity (Wildman–Crippen MR) is 68.3 cm³/mol. The fraction of sp³-hybridized carbons (Fsp3) is 0.100. The zero-order chi connectivity index (χ0) is 14.9. The molecule has 0 saturated heterocycles. The van der Waals surface area contributed by atoms with E-state index in [1.807, 2.05) is 0 Å². The zero-order valence-electron chi connectivity index (χ0n) is 9.88. The minimum Gasteiger partial charge on any atom is -0.294 e. The molecule has 20 heavy (non-hydrogen) atoms. The van der Waals surface area contributed by atoms with Crippen LogP contribution in [0.15, 0.2) is 35.1 Å².